The first-order valence-electron chi connectivity index (χ1n) is 11.4. The Kier molecular flexibility index (Phi) is 6.95. The van der Waals surface area contributed by atoms with Crippen LogP contribution < -0.4 is 19.9 Å². The van der Waals surface area contributed by atoms with Crippen LogP contribution in [0.4, 0.5) is 17.1 Å². The minimum absolute atomic E-state index is 0.0609. The van der Waals surface area contributed by atoms with Crippen molar-refractivity contribution in [1.82, 2.24) is 4.90 Å². The second-order valence-electron chi connectivity index (χ2n) is 8.33. The Balaban J connectivity index is 1.30. The van der Waals surface area contributed by atoms with Crippen LogP contribution in [0.2, 0.25) is 0 Å². The number of rotatable bonds is 6. The van der Waals surface area contributed by atoms with E-state index in [0.717, 1.165) is 49.7 Å². The summed E-state index contributed by atoms with van der Waals surface area (Å²) in [7, 11) is 0. The molecule has 1 N–H and O–H groups in total. The van der Waals surface area contributed by atoms with Crippen molar-refractivity contribution in [2.24, 2.45) is 0 Å². The predicted octanol–water partition coefficient (Wildman–Crippen LogP) is 3.28. The second-order valence-corrected chi connectivity index (χ2v) is 8.33. The van der Waals surface area contributed by atoms with Crippen LogP contribution in [0, 0.1) is 6.92 Å². The van der Waals surface area contributed by atoms with Gasteiger partial charge in [-0.3, -0.25) is 9.59 Å². The summed E-state index contributed by atoms with van der Waals surface area (Å²) in [6, 6.07) is 13.7. The molecule has 0 radical (unpaired) electrons. The smallest absolute Gasteiger partial charge is 0.227 e. The molecule has 0 bridgehead atoms. The van der Waals surface area contributed by atoms with Crippen molar-refractivity contribution < 1.29 is 14.3 Å². The highest BCUT2D eigenvalue weighted by Gasteiger charge is 2.23. The quantitative estimate of drug-likeness (QED) is 0.753. The monoisotopic (exact) mass is 436 g/mol. The van der Waals surface area contributed by atoms with Crippen LogP contribution in [0.3, 0.4) is 0 Å². The summed E-state index contributed by atoms with van der Waals surface area (Å²) in [4.78, 5) is 31.8. The van der Waals surface area contributed by atoms with Gasteiger partial charge in [0.15, 0.2) is 0 Å². The van der Waals surface area contributed by atoms with Gasteiger partial charge in [0.1, 0.15) is 12.4 Å². The van der Waals surface area contributed by atoms with Crippen molar-refractivity contribution >= 4 is 28.9 Å². The Morgan fingerprint density at radius 2 is 1.78 bits per heavy atom. The molecule has 0 unspecified atom stereocenters. The average molecular weight is 437 g/mol. The van der Waals surface area contributed by atoms with Gasteiger partial charge in [0, 0.05) is 50.4 Å². The number of likely N-dealkylation sites (N-methyl/N-ethyl adjacent to an activating group) is 1. The minimum Gasteiger partial charge on any atom is -0.490 e. The van der Waals surface area contributed by atoms with Crippen molar-refractivity contribution in [3.05, 3.63) is 48.0 Å². The fourth-order valence-electron chi connectivity index (χ4n) is 4.30. The summed E-state index contributed by atoms with van der Waals surface area (Å²) < 4.78 is 5.61. The zero-order valence-electron chi connectivity index (χ0n) is 19.0. The molecule has 0 saturated carbocycles. The molecule has 0 spiro atoms. The molecule has 2 aromatic carbocycles. The topological polar surface area (TPSA) is 65.1 Å². The number of fused-ring (bicyclic) bond motifs is 1. The third-order valence-corrected chi connectivity index (χ3v) is 6.26. The molecule has 2 heterocycles. The average Bonchev–Trinajstić information content (AvgIpc) is 2.83. The standard InChI is InChI=1S/C25H32N4O3/c1-3-27-12-14-28(15-13-27)20-8-9-21(19(2)18-20)26-24(30)10-11-25(31)29-16-17-32-23-7-5-4-6-22(23)29/h4-9,18H,3,10-17H2,1-2H3,(H,26,30). The van der Waals surface area contributed by atoms with Crippen LogP contribution in [0.15, 0.2) is 42.5 Å². The van der Waals surface area contributed by atoms with E-state index < -0.39 is 0 Å². The number of hydrogen-bond acceptors (Lipinski definition) is 5. The van der Waals surface area contributed by atoms with Crippen molar-refractivity contribution in [2.75, 3.05) is 61.0 Å². The largest absolute Gasteiger partial charge is 0.490 e. The molecule has 170 valence electrons. The van der Waals surface area contributed by atoms with Crippen LogP contribution >= 0.6 is 0 Å². The molecule has 2 aliphatic rings. The number of benzene rings is 2. The summed E-state index contributed by atoms with van der Waals surface area (Å²) >= 11 is 0. The number of aryl methyl sites for hydroxylation is 1. The molecule has 0 aromatic heterocycles. The number of hydrogen-bond donors (Lipinski definition) is 1. The van der Waals surface area contributed by atoms with E-state index in [9.17, 15) is 9.59 Å². The third kappa shape index (κ3) is 5.05. The summed E-state index contributed by atoms with van der Waals surface area (Å²) in [5.41, 5.74) is 3.80. The van der Waals surface area contributed by atoms with E-state index in [-0.39, 0.29) is 24.7 Å². The van der Waals surface area contributed by atoms with Crippen LogP contribution in [0.25, 0.3) is 0 Å². The van der Waals surface area contributed by atoms with Gasteiger partial charge in [-0.2, -0.15) is 0 Å². The number of carbonyl (C=O) groups excluding carboxylic acids is 2. The molecular weight excluding hydrogens is 404 g/mol. The number of piperazine rings is 1. The number of carbonyl (C=O) groups is 2. The normalized spacial score (nSPS) is 16.3. The Morgan fingerprint density at radius 3 is 2.53 bits per heavy atom. The highest BCUT2D eigenvalue weighted by Crippen LogP contribution is 2.31. The van der Waals surface area contributed by atoms with Gasteiger partial charge in [-0.05, 0) is 49.4 Å². The van der Waals surface area contributed by atoms with E-state index in [2.05, 4.69) is 34.2 Å². The Hall–Kier alpha value is -3.06. The summed E-state index contributed by atoms with van der Waals surface area (Å²) in [6.45, 7) is 10.5. The lowest BCUT2D eigenvalue weighted by Crippen LogP contribution is -2.46. The lowest BCUT2D eigenvalue weighted by molar-refractivity contribution is -0.122. The maximum absolute atomic E-state index is 12.7. The molecule has 4 rings (SSSR count). The van der Waals surface area contributed by atoms with E-state index >= 15 is 0 Å². The van der Waals surface area contributed by atoms with Crippen molar-refractivity contribution in [1.29, 1.82) is 0 Å². The zero-order valence-corrected chi connectivity index (χ0v) is 19.0. The van der Waals surface area contributed by atoms with Gasteiger partial charge in [-0.15, -0.1) is 0 Å². The fourth-order valence-corrected chi connectivity index (χ4v) is 4.30. The van der Waals surface area contributed by atoms with E-state index in [4.69, 9.17) is 4.74 Å². The third-order valence-electron chi connectivity index (χ3n) is 6.26. The SMILES string of the molecule is CCN1CCN(c2ccc(NC(=O)CCC(=O)N3CCOc4ccccc43)c(C)c2)CC1. The van der Waals surface area contributed by atoms with Gasteiger partial charge in [-0.1, -0.05) is 19.1 Å². The van der Waals surface area contributed by atoms with Crippen LogP contribution in [0.1, 0.15) is 25.3 Å². The van der Waals surface area contributed by atoms with E-state index in [1.807, 2.05) is 37.3 Å². The number of para-hydroxylation sites is 2. The molecule has 7 nitrogen and oxygen atoms in total. The molecule has 1 saturated heterocycles. The van der Waals surface area contributed by atoms with Gasteiger partial charge < -0.3 is 24.8 Å². The summed E-state index contributed by atoms with van der Waals surface area (Å²) in [5, 5.41) is 2.97. The first-order chi connectivity index (χ1) is 15.5. The van der Waals surface area contributed by atoms with Gasteiger partial charge in [0.25, 0.3) is 0 Å². The molecule has 2 aromatic rings. The number of nitrogens with one attached hydrogen (secondary N) is 1. The maximum Gasteiger partial charge on any atom is 0.227 e. The van der Waals surface area contributed by atoms with Crippen molar-refractivity contribution in [3.8, 4) is 5.75 Å². The van der Waals surface area contributed by atoms with Crippen molar-refractivity contribution in [2.45, 2.75) is 26.7 Å². The highest BCUT2D eigenvalue weighted by molar-refractivity contribution is 5.99. The molecule has 2 amide bonds. The Morgan fingerprint density at radius 1 is 1.00 bits per heavy atom. The maximum atomic E-state index is 12.7. The van der Waals surface area contributed by atoms with E-state index in [1.54, 1.807) is 4.90 Å². The molecule has 7 heteroatoms. The predicted molar refractivity (Wildman–Crippen MR) is 128 cm³/mol. The highest BCUT2D eigenvalue weighted by atomic mass is 16.5. The Bertz CT molecular complexity index is 969. The van der Waals surface area contributed by atoms with Gasteiger partial charge in [-0.25, -0.2) is 0 Å². The number of amides is 2. The molecule has 1 fully saturated rings. The summed E-state index contributed by atoms with van der Waals surface area (Å²) in [5.74, 6) is 0.505. The van der Waals surface area contributed by atoms with Gasteiger partial charge >= 0.3 is 0 Å². The molecule has 2 aliphatic heterocycles. The molecule has 32 heavy (non-hydrogen) atoms. The van der Waals surface area contributed by atoms with E-state index in [0.29, 0.717) is 18.9 Å². The number of nitrogens with zero attached hydrogens (tertiary/aromatic N) is 3. The first-order valence-corrected chi connectivity index (χ1v) is 11.4. The second kappa shape index (κ2) is 10.0. The molecular formula is C25H32N4O3. The van der Waals surface area contributed by atoms with Gasteiger partial charge in [0.2, 0.25) is 11.8 Å². The zero-order chi connectivity index (χ0) is 22.5. The lowest BCUT2D eigenvalue weighted by Gasteiger charge is -2.35. The number of anilines is 3. The molecule has 0 atom stereocenters. The lowest BCUT2D eigenvalue weighted by atomic mass is 10.1. The minimum atomic E-state index is -0.146. The summed E-state index contributed by atoms with van der Waals surface area (Å²) in [6.07, 6.45) is 0.317. The number of ether oxygens (including phenoxy) is 1. The van der Waals surface area contributed by atoms with Gasteiger partial charge in [0.05, 0.1) is 12.2 Å². The van der Waals surface area contributed by atoms with Crippen LogP contribution in [0.5, 0.6) is 5.75 Å². The fraction of sp³-hybridized carbons (Fsp3) is 0.440. The first kappa shape index (κ1) is 22.1. The van der Waals surface area contributed by atoms with Crippen LogP contribution in [-0.2, 0) is 9.59 Å². The molecule has 0 aliphatic carbocycles. The van der Waals surface area contributed by atoms with E-state index in [1.165, 1.54) is 5.69 Å². The van der Waals surface area contributed by atoms with Crippen LogP contribution in [-0.4, -0.2) is 62.6 Å². The Labute approximate surface area is 189 Å². The van der Waals surface area contributed by atoms with Crippen molar-refractivity contribution in [3.63, 3.8) is 0 Å².